The zero-order valence-electron chi connectivity index (χ0n) is 19.2. The molecule has 3 aliphatic rings. The second kappa shape index (κ2) is 9.89. The second-order valence-corrected chi connectivity index (χ2v) is 9.55. The van der Waals surface area contributed by atoms with Gasteiger partial charge in [-0.15, -0.1) is 0 Å². The first-order valence-electron chi connectivity index (χ1n) is 11.7. The van der Waals surface area contributed by atoms with Gasteiger partial charge in [0.05, 0.1) is 16.0 Å². The minimum absolute atomic E-state index is 0.130. The molecule has 1 aliphatic carbocycles. The molecule has 0 spiro atoms. The van der Waals surface area contributed by atoms with Crippen LogP contribution in [0.5, 0.6) is 0 Å². The number of amides is 1. The first kappa shape index (κ1) is 23.2. The van der Waals surface area contributed by atoms with Gasteiger partial charge >= 0.3 is 0 Å². The summed E-state index contributed by atoms with van der Waals surface area (Å²) in [5.74, 6) is 0.0666. The maximum Gasteiger partial charge on any atom is 0.230 e. The van der Waals surface area contributed by atoms with Crippen molar-refractivity contribution in [2.75, 3.05) is 39.8 Å². The highest BCUT2D eigenvalue weighted by molar-refractivity contribution is 9.10. The van der Waals surface area contributed by atoms with Crippen molar-refractivity contribution in [3.8, 4) is 0 Å². The van der Waals surface area contributed by atoms with Crippen LogP contribution in [0.1, 0.15) is 37.8 Å². The molecule has 6 nitrogen and oxygen atoms in total. The van der Waals surface area contributed by atoms with Crippen molar-refractivity contribution in [3.05, 3.63) is 40.0 Å². The van der Waals surface area contributed by atoms with Gasteiger partial charge in [-0.1, -0.05) is 18.2 Å². The van der Waals surface area contributed by atoms with Crippen LogP contribution < -0.4 is 5.32 Å². The summed E-state index contributed by atoms with van der Waals surface area (Å²) in [7, 11) is 2.09. The lowest BCUT2D eigenvalue weighted by molar-refractivity contribution is -0.134. The summed E-state index contributed by atoms with van der Waals surface area (Å²) in [6.07, 6.45) is 6.65. The summed E-state index contributed by atoms with van der Waals surface area (Å²) in [5, 5.41) is 4.35. The largest absolute Gasteiger partial charge is 0.343 e. The summed E-state index contributed by atoms with van der Waals surface area (Å²) in [4.78, 5) is 28.8. The van der Waals surface area contributed by atoms with Crippen LogP contribution in [-0.2, 0) is 16.0 Å². The zero-order chi connectivity index (χ0) is 22.8. The lowest BCUT2D eigenvalue weighted by Gasteiger charge is -2.40. The van der Waals surface area contributed by atoms with Gasteiger partial charge in [-0.05, 0) is 91.9 Å². The Hall–Kier alpha value is -1.96. The van der Waals surface area contributed by atoms with E-state index in [2.05, 4.69) is 45.3 Å². The van der Waals surface area contributed by atoms with Gasteiger partial charge in [0.1, 0.15) is 0 Å². The zero-order valence-corrected chi connectivity index (χ0v) is 20.8. The third-order valence-electron chi connectivity index (χ3n) is 6.98. The monoisotopic (exact) mass is 500 g/mol. The first-order chi connectivity index (χ1) is 15.5. The Morgan fingerprint density at radius 3 is 2.56 bits per heavy atom. The van der Waals surface area contributed by atoms with Crippen LogP contribution >= 0.6 is 15.9 Å². The van der Waals surface area contributed by atoms with Gasteiger partial charge in [0.15, 0.2) is 0 Å². The van der Waals surface area contributed by atoms with Crippen LogP contribution in [0.4, 0.5) is 0 Å². The highest BCUT2D eigenvalue weighted by Crippen LogP contribution is 2.44. The molecule has 1 aromatic carbocycles. The molecular weight excluding hydrogens is 468 g/mol. The van der Waals surface area contributed by atoms with E-state index in [0.29, 0.717) is 0 Å². The van der Waals surface area contributed by atoms with E-state index in [0.717, 1.165) is 53.5 Å². The summed E-state index contributed by atoms with van der Waals surface area (Å²) < 4.78 is 2.51. The van der Waals surface area contributed by atoms with Crippen LogP contribution in [-0.4, -0.2) is 72.5 Å². The van der Waals surface area contributed by atoms with Crippen LogP contribution in [0.2, 0.25) is 0 Å². The van der Waals surface area contributed by atoms with E-state index in [9.17, 15) is 9.59 Å². The van der Waals surface area contributed by atoms with Crippen molar-refractivity contribution in [2.24, 2.45) is 5.92 Å². The molecule has 32 heavy (non-hydrogen) atoms. The molecule has 2 aromatic rings. The average molecular weight is 501 g/mol. The first-order valence-corrected chi connectivity index (χ1v) is 12.5. The molecule has 1 saturated heterocycles. The van der Waals surface area contributed by atoms with Gasteiger partial charge in [0.2, 0.25) is 12.3 Å². The van der Waals surface area contributed by atoms with Gasteiger partial charge in [-0.25, -0.2) is 0 Å². The Labute approximate surface area is 198 Å². The number of halogens is 1. The topological polar surface area (TPSA) is 57.6 Å². The fourth-order valence-electron chi connectivity index (χ4n) is 5.27. The fourth-order valence-corrected chi connectivity index (χ4v) is 5.91. The van der Waals surface area contributed by atoms with Gasteiger partial charge < -0.3 is 10.2 Å². The summed E-state index contributed by atoms with van der Waals surface area (Å²) in [6, 6.07) is 6.31. The Morgan fingerprint density at radius 1 is 1.25 bits per heavy atom. The highest BCUT2D eigenvalue weighted by Gasteiger charge is 2.37. The molecule has 172 valence electrons. The molecule has 0 bridgehead atoms. The van der Waals surface area contributed by atoms with Crippen molar-refractivity contribution in [2.45, 2.75) is 39.2 Å². The van der Waals surface area contributed by atoms with Crippen LogP contribution in [0.3, 0.4) is 0 Å². The summed E-state index contributed by atoms with van der Waals surface area (Å²) in [5.41, 5.74) is 4.45. The lowest BCUT2D eigenvalue weighted by Crippen LogP contribution is -2.47. The molecule has 0 radical (unpaired) electrons. The van der Waals surface area contributed by atoms with Crippen molar-refractivity contribution in [1.82, 2.24) is 19.7 Å². The molecule has 5 rings (SSSR count). The average Bonchev–Trinajstić information content (AvgIpc) is 3.47. The van der Waals surface area contributed by atoms with E-state index < -0.39 is 0 Å². The maximum atomic E-state index is 13.0. The van der Waals surface area contributed by atoms with Crippen molar-refractivity contribution < 1.29 is 9.59 Å². The van der Waals surface area contributed by atoms with Gasteiger partial charge in [0, 0.05) is 31.1 Å². The van der Waals surface area contributed by atoms with Crippen LogP contribution in [0.15, 0.2) is 28.9 Å². The van der Waals surface area contributed by atoms with Gasteiger partial charge in [-0.3, -0.25) is 19.1 Å². The van der Waals surface area contributed by atoms with E-state index in [1.807, 2.05) is 30.9 Å². The number of nitrogens with one attached hydrogen (secondary N) is 1. The molecule has 2 atom stereocenters. The number of likely N-dealkylation sites (N-methyl/N-ethyl adjacent to an activating group) is 1. The van der Waals surface area contributed by atoms with Gasteiger partial charge in [-0.2, -0.15) is 0 Å². The number of carbonyl (C=O) groups excluding carboxylic acids is 2. The Bertz CT molecular complexity index is 1030. The predicted octanol–water partition coefficient (Wildman–Crippen LogP) is 3.55. The molecule has 1 aromatic heterocycles. The molecule has 0 saturated carbocycles. The molecule has 1 N–H and O–H groups in total. The Kier molecular flexibility index (Phi) is 7.17. The van der Waals surface area contributed by atoms with E-state index in [4.69, 9.17) is 0 Å². The minimum Gasteiger partial charge on any atom is -0.343 e. The SMILES string of the molecule is C1CCNC1.CCN(CC)C(=O)C1C=C2c3cccc4c3c(c(Br)n4C=O)CC2N(C)C1. The van der Waals surface area contributed by atoms with Gasteiger partial charge in [0.25, 0.3) is 0 Å². The highest BCUT2D eigenvalue weighted by atomic mass is 79.9. The quantitative estimate of drug-likeness (QED) is 0.652. The second-order valence-electron chi connectivity index (χ2n) is 8.80. The number of nitrogens with zero attached hydrogens (tertiary/aromatic N) is 3. The molecular formula is C25H33BrN4O2. The molecule has 2 aliphatic heterocycles. The lowest BCUT2D eigenvalue weighted by atomic mass is 9.79. The van der Waals surface area contributed by atoms with E-state index >= 15 is 0 Å². The van der Waals surface area contributed by atoms with E-state index in [-0.39, 0.29) is 17.9 Å². The van der Waals surface area contributed by atoms with E-state index in [1.165, 1.54) is 37.1 Å². The van der Waals surface area contributed by atoms with Crippen molar-refractivity contribution in [3.63, 3.8) is 0 Å². The fraction of sp³-hybridized carbons (Fsp3) is 0.520. The number of fused-ring (bicyclic) bond motifs is 2. The third-order valence-corrected chi connectivity index (χ3v) is 7.84. The van der Waals surface area contributed by atoms with E-state index in [1.54, 1.807) is 4.57 Å². The van der Waals surface area contributed by atoms with Crippen molar-refractivity contribution >= 4 is 44.7 Å². The van der Waals surface area contributed by atoms with Crippen molar-refractivity contribution in [1.29, 1.82) is 0 Å². The maximum absolute atomic E-state index is 13.0. The standard InChI is InChI=1S/C21H24BrN3O2.C4H9N/c1-4-24(5-2)21(27)13-9-15-14-7-6-8-17-19(14)16(20(22)25(17)12-26)10-18(15)23(3)11-13;1-2-4-5-3-1/h6-9,12-13,18H,4-5,10-11H2,1-3H3;5H,1-4H2. The molecule has 1 fully saturated rings. The number of carbonyl (C=O) groups is 2. The summed E-state index contributed by atoms with van der Waals surface area (Å²) >= 11 is 3.63. The predicted molar refractivity (Wildman–Crippen MR) is 133 cm³/mol. The number of hydrogen-bond donors (Lipinski definition) is 1. The number of aromatic nitrogens is 1. The van der Waals surface area contributed by atoms with Crippen LogP contribution in [0.25, 0.3) is 16.5 Å². The molecule has 1 amide bonds. The number of benzene rings is 1. The Balaban J connectivity index is 0.000000433. The Morgan fingerprint density at radius 2 is 1.97 bits per heavy atom. The van der Waals surface area contributed by atoms with Crippen LogP contribution in [0, 0.1) is 5.92 Å². The normalized spacial score (nSPS) is 22.1. The minimum atomic E-state index is -0.130. The molecule has 3 heterocycles. The smallest absolute Gasteiger partial charge is 0.230 e. The third kappa shape index (κ3) is 4.06. The number of rotatable bonds is 4. The number of hydrogen-bond acceptors (Lipinski definition) is 4. The molecule has 7 heteroatoms. The molecule has 2 unspecified atom stereocenters. The summed E-state index contributed by atoms with van der Waals surface area (Å²) in [6.45, 7) is 8.74.